The van der Waals surface area contributed by atoms with E-state index in [-0.39, 0.29) is 5.92 Å². The van der Waals surface area contributed by atoms with E-state index in [0.717, 1.165) is 50.7 Å². The van der Waals surface area contributed by atoms with Crippen LogP contribution in [-0.4, -0.2) is 41.0 Å². The van der Waals surface area contributed by atoms with Gasteiger partial charge in [-0.05, 0) is 44.2 Å². The van der Waals surface area contributed by atoms with Crippen LogP contribution in [0.2, 0.25) is 0 Å². The summed E-state index contributed by atoms with van der Waals surface area (Å²) in [6.45, 7) is 1.74. The van der Waals surface area contributed by atoms with Gasteiger partial charge >= 0.3 is 0 Å². The monoisotopic (exact) mass is 371 g/mol. The number of hydrogen-bond acceptors (Lipinski definition) is 6. The van der Waals surface area contributed by atoms with Crippen LogP contribution >= 0.6 is 11.3 Å². The van der Waals surface area contributed by atoms with Gasteiger partial charge in [0.15, 0.2) is 0 Å². The summed E-state index contributed by atoms with van der Waals surface area (Å²) in [5.74, 6) is 1.03. The lowest BCUT2D eigenvalue weighted by Gasteiger charge is -2.36. The van der Waals surface area contributed by atoms with E-state index >= 15 is 0 Å². The van der Waals surface area contributed by atoms with Crippen LogP contribution in [0.25, 0.3) is 10.2 Å². The van der Waals surface area contributed by atoms with Gasteiger partial charge in [0.2, 0.25) is 5.91 Å². The van der Waals surface area contributed by atoms with Crippen molar-refractivity contribution in [2.75, 3.05) is 13.1 Å². The van der Waals surface area contributed by atoms with Gasteiger partial charge in [0.1, 0.15) is 0 Å². The number of nitrogens with one attached hydrogen (secondary N) is 3. The maximum Gasteiger partial charge on any atom is 0.225 e. The predicted molar refractivity (Wildman–Crippen MR) is 102 cm³/mol. The first-order valence-corrected chi connectivity index (χ1v) is 10.5. The largest absolute Gasteiger partial charge is 0.342 e. The molecule has 2 aromatic rings. The Labute approximate surface area is 157 Å². The molecule has 3 fully saturated rings. The summed E-state index contributed by atoms with van der Waals surface area (Å²) in [4.78, 5) is 19.9. The number of hydrogen-bond donors (Lipinski definition) is 3. The lowest BCUT2D eigenvalue weighted by atomic mass is 9.82. The first-order chi connectivity index (χ1) is 12.8. The molecule has 3 aliphatic rings. The van der Waals surface area contributed by atoms with E-state index in [2.05, 4.69) is 39.5 Å². The number of para-hydroxylation sites is 1. The fourth-order valence-electron chi connectivity index (χ4n) is 4.62. The Kier molecular flexibility index (Phi) is 4.40. The van der Waals surface area contributed by atoms with Crippen molar-refractivity contribution in [1.29, 1.82) is 0 Å². The van der Waals surface area contributed by atoms with Gasteiger partial charge in [-0.3, -0.25) is 4.79 Å². The number of nitrogens with zero attached hydrogens (tertiary/aromatic N) is 2. The Morgan fingerprint density at radius 2 is 1.88 bits per heavy atom. The highest BCUT2D eigenvalue weighted by Crippen LogP contribution is 2.35. The van der Waals surface area contributed by atoms with E-state index < -0.39 is 0 Å². The van der Waals surface area contributed by atoms with Gasteiger partial charge in [0, 0.05) is 37.0 Å². The van der Waals surface area contributed by atoms with Gasteiger partial charge in [0.05, 0.1) is 15.2 Å². The molecule has 0 radical (unpaired) electrons. The topological polar surface area (TPSA) is 69.3 Å². The molecular weight excluding hydrogens is 346 g/mol. The molecule has 26 heavy (non-hydrogen) atoms. The lowest BCUT2D eigenvalue weighted by Crippen LogP contribution is -2.47. The normalized spacial score (nSPS) is 29.8. The molecule has 3 heterocycles. The Hall–Kier alpha value is -1.54. The molecule has 138 valence electrons. The molecule has 1 amide bonds. The van der Waals surface area contributed by atoms with Crippen LogP contribution in [0.15, 0.2) is 24.3 Å². The van der Waals surface area contributed by atoms with Crippen LogP contribution in [-0.2, 0) is 4.79 Å². The van der Waals surface area contributed by atoms with Crippen molar-refractivity contribution in [3.8, 4) is 0 Å². The summed E-state index contributed by atoms with van der Waals surface area (Å²) in [6, 6.07) is 9.19. The van der Waals surface area contributed by atoms with Crippen molar-refractivity contribution in [1.82, 2.24) is 26.3 Å². The summed E-state index contributed by atoms with van der Waals surface area (Å²) >= 11 is 1.82. The Balaban J connectivity index is 1.20. The van der Waals surface area contributed by atoms with Crippen LogP contribution in [0.4, 0.5) is 0 Å². The second-order valence-electron chi connectivity index (χ2n) is 7.76. The molecule has 2 aliphatic heterocycles. The number of amides is 1. The molecule has 1 saturated carbocycles. The minimum Gasteiger partial charge on any atom is -0.342 e. The Bertz CT molecular complexity index is 767. The first-order valence-electron chi connectivity index (χ1n) is 9.68. The third-order valence-electron chi connectivity index (χ3n) is 6.18. The van der Waals surface area contributed by atoms with Gasteiger partial charge in [-0.2, -0.15) is 5.53 Å². The fourth-order valence-corrected chi connectivity index (χ4v) is 5.76. The molecule has 3 N–H and O–H groups in total. The van der Waals surface area contributed by atoms with Crippen LogP contribution in [0.3, 0.4) is 0 Å². The number of aromatic nitrogens is 1. The Morgan fingerprint density at radius 1 is 1.08 bits per heavy atom. The molecule has 2 saturated heterocycles. The number of fused-ring (bicyclic) bond motifs is 2. The number of likely N-dealkylation sites (tertiary alicyclic amines) is 1. The predicted octanol–water partition coefficient (Wildman–Crippen LogP) is 2.15. The fraction of sp³-hybridized carbons (Fsp3) is 0.579. The number of hydrazine groups is 2. The molecule has 1 aromatic heterocycles. The van der Waals surface area contributed by atoms with Crippen molar-refractivity contribution in [3.63, 3.8) is 0 Å². The number of thiazole rings is 1. The number of carbonyl (C=O) groups excluding carboxylic acids is 1. The van der Waals surface area contributed by atoms with Crippen molar-refractivity contribution in [2.45, 2.75) is 50.1 Å². The number of benzene rings is 1. The molecule has 6 nitrogen and oxygen atoms in total. The highest BCUT2D eigenvalue weighted by Gasteiger charge is 2.38. The third kappa shape index (κ3) is 3.03. The van der Waals surface area contributed by atoms with E-state index in [1.165, 1.54) is 9.71 Å². The molecule has 3 atom stereocenters. The minimum atomic E-state index is 0.171. The molecule has 5 rings (SSSR count). The van der Waals surface area contributed by atoms with Gasteiger partial charge < -0.3 is 4.90 Å². The van der Waals surface area contributed by atoms with Crippen molar-refractivity contribution in [2.24, 2.45) is 5.92 Å². The molecule has 7 heteroatoms. The highest BCUT2D eigenvalue weighted by molar-refractivity contribution is 7.18. The van der Waals surface area contributed by atoms with Crippen LogP contribution in [0.1, 0.15) is 43.0 Å². The first kappa shape index (κ1) is 16.6. The standard InChI is InChI=1S/C19H25N5OS/c25-19(13-5-6-14-16(11-13)22-23-21-14)24-9-7-12(8-10-24)18-20-15-3-1-2-4-17(15)26-18/h1-4,12-14,16,21-23H,5-11H2. The number of carbonyl (C=O) groups is 1. The zero-order chi connectivity index (χ0) is 17.5. The summed E-state index contributed by atoms with van der Waals surface area (Å²) in [6.07, 6.45) is 5.05. The number of rotatable bonds is 2. The SMILES string of the molecule is O=C(C1CCC2NNNC2C1)N1CCC(c2nc3ccccc3s2)CC1. The maximum absolute atomic E-state index is 13.0. The lowest BCUT2D eigenvalue weighted by molar-refractivity contribution is -0.138. The molecule has 1 aromatic carbocycles. The third-order valence-corrected chi connectivity index (χ3v) is 7.38. The van der Waals surface area contributed by atoms with Gasteiger partial charge in [-0.1, -0.05) is 12.1 Å². The summed E-state index contributed by atoms with van der Waals surface area (Å²) in [5.41, 5.74) is 10.6. The van der Waals surface area contributed by atoms with E-state index in [1.807, 2.05) is 17.4 Å². The van der Waals surface area contributed by atoms with Crippen molar-refractivity contribution < 1.29 is 4.79 Å². The van der Waals surface area contributed by atoms with Crippen LogP contribution in [0.5, 0.6) is 0 Å². The molecule has 3 unspecified atom stereocenters. The second kappa shape index (κ2) is 6.88. The van der Waals surface area contributed by atoms with Crippen molar-refractivity contribution in [3.05, 3.63) is 29.3 Å². The molecule has 1 aliphatic carbocycles. The molecular formula is C19H25N5OS. The van der Waals surface area contributed by atoms with Gasteiger partial charge in [0.25, 0.3) is 0 Å². The summed E-state index contributed by atoms with van der Waals surface area (Å²) in [5, 5.41) is 1.24. The zero-order valence-electron chi connectivity index (χ0n) is 14.8. The average Bonchev–Trinajstić information content (AvgIpc) is 3.33. The van der Waals surface area contributed by atoms with E-state index in [4.69, 9.17) is 4.98 Å². The van der Waals surface area contributed by atoms with Crippen LogP contribution in [0, 0.1) is 5.92 Å². The maximum atomic E-state index is 13.0. The molecule has 0 bridgehead atoms. The zero-order valence-corrected chi connectivity index (χ0v) is 15.6. The molecule has 0 spiro atoms. The summed E-state index contributed by atoms with van der Waals surface area (Å²) in [7, 11) is 0. The van der Waals surface area contributed by atoms with E-state index in [9.17, 15) is 4.79 Å². The second-order valence-corrected chi connectivity index (χ2v) is 8.82. The smallest absolute Gasteiger partial charge is 0.225 e. The number of piperidine rings is 1. The quantitative estimate of drug-likeness (QED) is 0.755. The minimum absolute atomic E-state index is 0.171. The van der Waals surface area contributed by atoms with Crippen LogP contribution < -0.4 is 16.4 Å². The average molecular weight is 372 g/mol. The van der Waals surface area contributed by atoms with E-state index in [0.29, 0.717) is 23.9 Å². The Morgan fingerprint density at radius 3 is 2.73 bits per heavy atom. The van der Waals surface area contributed by atoms with Gasteiger partial charge in [-0.15, -0.1) is 11.3 Å². The highest BCUT2D eigenvalue weighted by atomic mass is 32.1. The van der Waals surface area contributed by atoms with E-state index in [1.54, 1.807) is 0 Å². The summed E-state index contributed by atoms with van der Waals surface area (Å²) < 4.78 is 1.27. The van der Waals surface area contributed by atoms with Gasteiger partial charge in [-0.25, -0.2) is 15.8 Å². The van der Waals surface area contributed by atoms with Crippen molar-refractivity contribution >= 4 is 27.5 Å².